The number of halogens is 1. The first kappa shape index (κ1) is 21.1. The lowest BCUT2D eigenvalue weighted by Crippen LogP contribution is -2.15. The van der Waals surface area contributed by atoms with Crippen molar-refractivity contribution in [2.75, 3.05) is 0 Å². The Morgan fingerprint density at radius 2 is 2.10 bits per heavy atom. The van der Waals surface area contributed by atoms with Crippen LogP contribution in [0.3, 0.4) is 0 Å². The maximum absolute atomic E-state index is 12.4. The molecule has 0 N–H and O–H groups in total. The fourth-order valence-corrected chi connectivity index (χ4v) is 4.06. The quantitative estimate of drug-likeness (QED) is 0.292. The van der Waals surface area contributed by atoms with Crippen molar-refractivity contribution in [3.8, 4) is 5.75 Å². The van der Waals surface area contributed by atoms with Crippen LogP contribution in [0, 0.1) is 6.92 Å². The number of rotatable bonds is 8. The van der Waals surface area contributed by atoms with Crippen LogP contribution in [0.15, 0.2) is 71.3 Å². The zero-order valence-electron chi connectivity index (χ0n) is 16.9. The van der Waals surface area contributed by atoms with Gasteiger partial charge in [0.25, 0.3) is 5.56 Å². The van der Waals surface area contributed by atoms with Crippen LogP contribution in [0.1, 0.15) is 17.1 Å². The van der Waals surface area contributed by atoms with Crippen LogP contribution in [0.2, 0.25) is 5.02 Å². The van der Waals surface area contributed by atoms with Gasteiger partial charge in [0.15, 0.2) is 11.0 Å². The number of aromatic nitrogens is 5. The molecule has 0 radical (unpaired) electrons. The number of fused-ring (bicyclic) bond motifs is 1. The number of hydrogen-bond donors (Lipinski definition) is 0. The third-order valence-electron chi connectivity index (χ3n) is 4.49. The van der Waals surface area contributed by atoms with Crippen molar-refractivity contribution in [2.45, 2.75) is 31.0 Å². The van der Waals surface area contributed by atoms with E-state index in [-0.39, 0.29) is 5.56 Å². The molecule has 4 aromatic rings. The molecular formula is C22H20ClN5O2S. The third-order valence-corrected chi connectivity index (χ3v) is 5.71. The second-order valence-corrected chi connectivity index (χ2v) is 8.23. The molecule has 0 spiro atoms. The van der Waals surface area contributed by atoms with E-state index in [1.807, 2.05) is 35.8 Å². The van der Waals surface area contributed by atoms with Crippen LogP contribution >= 0.6 is 23.4 Å². The van der Waals surface area contributed by atoms with E-state index in [9.17, 15) is 4.79 Å². The molecule has 0 aliphatic carbocycles. The molecule has 7 nitrogen and oxygen atoms in total. The largest absolute Gasteiger partial charge is 0.486 e. The topological polar surface area (TPSA) is 74.3 Å². The molecule has 1 aromatic carbocycles. The molecule has 0 unspecified atom stereocenters. The van der Waals surface area contributed by atoms with Gasteiger partial charge in [-0.05, 0) is 36.8 Å². The van der Waals surface area contributed by atoms with E-state index in [2.05, 4.69) is 21.8 Å². The van der Waals surface area contributed by atoms with Crippen LogP contribution in [0.25, 0.3) is 5.65 Å². The van der Waals surface area contributed by atoms with E-state index in [1.54, 1.807) is 24.4 Å². The highest BCUT2D eigenvalue weighted by Crippen LogP contribution is 2.22. The maximum atomic E-state index is 12.4. The summed E-state index contributed by atoms with van der Waals surface area (Å²) < 4.78 is 9.25. The summed E-state index contributed by atoms with van der Waals surface area (Å²) in [6, 6.07) is 12.8. The van der Waals surface area contributed by atoms with Crippen LogP contribution in [0.5, 0.6) is 5.75 Å². The van der Waals surface area contributed by atoms with Crippen molar-refractivity contribution in [3.63, 3.8) is 0 Å². The first-order valence-corrected chi connectivity index (χ1v) is 10.9. The minimum Gasteiger partial charge on any atom is -0.486 e. The Morgan fingerprint density at radius 1 is 1.23 bits per heavy atom. The lowest BCUT2D eigenvalue weighted by Gasteiger charge is -2.09. The van der Waals surface area contributed by atoms with Gasteiger partial charge >= 0.3 is 0 Å². The highest BCUT2D eigenvalue weighted by Gasteiger charge is 2.14. The predicted octanol–water partition coefficient (Wildman–Crippen LogP) is 4.31. The highest BCUT2D eigenvalue weighted by molar-refractivity contribution is 7.98. The zero-order valence-corrected chi connectivity index (χ0v) is 18.4. The van der Waals surface area contributed by atoms with Gasteiger partial charge in [0.2, 0.25) is 0 Å². The molecule has 0 fully saturated rings. The van der Waals surface area contributed by atoms with Crippen LogP contribution in [0.4, 0.5) is 0 Å². The molecule has 0 aliphatic rings. The van der Waals surface area contributed by atoms with Gasteiger partial charge in [-0.2, -0.15) is 0 Å². The first-order chi connectivity index (χ1) is 15.0. The van der Waals surface area contributed by atoms with Gasteiger partial charge < -0.3 is 4.74 Å². The molecule has 31 heavy (non-hydrogen) atoms. The molecular weight excluding hydrogens is 434 g/mol. The number of allylic oxidation sites excluding steroid dienone is 1. The first-order valence-electron chi connectivity index (χ1n) is 9.56. The molecule has 3 aromatic heterocycles. The molecule has 0 saturated carbocycles. The van der Waals surface area contributed by atoms with Crippen LogP contribution in [-0.4, -0.2) is 24.1 Å². The molecule has 0 aliphatic heterocycles. The molecule has 4 rings (SSSR count). The van der Waals surface area contributed by atoms with Crippen molar-refractivity contribution in [1.82, 2.24) is 24.1 Å². The van der Waals surface area contributed by atoms with Crippen molar-refractivity contribution >= 4 is 29.0 Å². The monoisotopic (exact) mass is 453 g/mol. The summed E-state index contributed by atoms with van der Waals surface area (Å²) in [5.74, 6) is 1.95. The molecule has 0 atom stereocenters. The Balaban J connectivity index is 1.51. The SMILES string of the molecule is C=CCn1c(COc2cccc(C)c2)nnc1SCc1cc(=O)n2cc(Cl)ccc2n1. The second-order valence-electron chi connectivity index (χ2n) is 6.85. The van der Waals surface area contributed by atoms with Gasteiger partial charge in [0.1, 0.15) is 18.0 Å². The van der Waals surface area contributed by atoms with Gasteiger partial charge in [-0.15, -0.1) is 16.8 Å². The van der Waals surface area contributed by atoms with Gasteiger partial charge in [0, 0.05) is 24.6 Å². The molecule has 9 heteroatoms. The minimum atomic E-state index is -0.178. The molecule has 158 valence electrons. The number of thioether (sulfide) groups is 1. The normalized spacial score (nSPS) is 11.0. The molecule has 0 bridgehead atoms. The van der Waals surface area contributed by atoms with E-state index in [0.29, 0.717) is 46.2 Å². The second kappa shape index (κ2) is 9.36. The fourth-order valence-electron chi connectivity index (χ4n) is 3.04. The number of hydrogen-bond acceptors (Lipinski definition) is 6. The molecule has 0 amide bonds. The average molecular weight is 454 g/mol. The summed E-state index contributed by atoms with van der Waals surface area (Å²) in [6.45, 7) is 6.68. The Hall–Kier alpha value is -3.10. The zero-order chi connectivity index (χ0) is 21.8. The Labute approximate surface area is 188 Å². The summed E-state index contributed by atoms with van der Waals surface area (Å²) >= 11 is 7.42. The highest BCUT2D eigenvalue weighted by atomic mass is 35.5. The number of pyridine rings is 1. The van der Waals surface area contributed by atoms with Crippen molar-refractivity contribution in [3.05, 3.63) is 93.8 Å². The molecule has 0 saturated heterocycles. The van der Waals surface area contributed by atoms with Gasteiger partial charge in [-0.25, -0.2) is 4.98 Å². The van der Waals surface area contributed by atoms with E-state index >= 15 is 0 Å². The van der Waals surface area contributed by atoms with Gasteiger partial charge in [0.05, 0.1) is 10.7 Å². The summed E-state index contributed by atoms with van der Waals surface area (Å²) in [4.78, 5) is 16.9. The summed E-state index contributed by atoms with van der Waals surface area (Å²) in [6.07, 6.45) is 3.35. The Bertz CT molecular complexity index is 1300. The Morgan fingerprint density at radius 3 is 2.90 bits per heavy atom. The average Bonchev–Trinajstić information content (AvgIpc) is 3.13. The van der Waals surface area contributed by atoms with Gasteiger partial charge in [-0.3, -0.25) is 13.8 Å². The third kappa shape index (κ3) is 4.98. The number of ether oxygens (including phenoxy) is 1. The van der Waals surface area contributed by atoms with Crippen molar-refractivity contribution in [1.29, 1.82) is 0 Å². The van der Waals surface area contributed by atoms with E-state index in [1.165, 1.54) is 22.2 Å². The fraction of sp³-hybridized carbons (Fsp3) is 0.182. The smallest absolute Gasteiger partial charge is 0.258 e. The van der Waals surface area contributed by atoms with Crippen molar-refractivity contribution in [2.24, 2.45) is 0 Å². The van der Waals surface area contributed by atoms with Gasteiger partial charge in [-0.1, -0.05) is 41.6 Å². The number of aryl methyl sites for hydroxylation is 1. The number of nitrogens with zero attached hydrogens (tertiary/aromatic N) is 5. The summed E-state index contributed by atoms with van der Waals surface area (Å²) in [7, 11) is 0. The van der Waals surface area contributed by atoms with E-state index < -0.39 is 0 Å². The van der Waals surface area contributed by atoms with Crippen LogP contribution in [-0.2, 0) is 18.9 Å². The summed E-state index contributed by atoms with van der Waals surface area (Å²) in [5, 5.41) is 9.77. The molecule has 3 heterocycles. The number of benzene rings is 1. The maximum Gasteiger partial charge on any atom is 0.258 e. The van der Waals surface area contributed by atoms with Crippen LogP contribution < -0.4 is 10.3 Å². The standard InChI is InChI=1S/C22H20ClN5O2S/c1-3-9-27-20(13-30-18-6-4-5-15(2)10-18)25-26-22(27)31-14-17-11-21(29)28-12-16(23)7-8-19(28)24-17/h3-8,10-12H,1,9,13-14H2,2H3. The lowest BCUT2D eigenvalue weighted by atomic mass is 10.2. The van der Waals surface area contributed by atoms with E-state index in [0.717, 1.165) is 11.3 Å². The minimum absolute atomic E-state index is 0.178. The van der Waals surface area contributed by atoms with E-state index in [4.69, 9.17) is 16.3 Å². The lowest BCUT2D eigenvalue weighted by molar-refractivity contribution is 0.289. The Kier molecular flexibility index (Phi) is 6.39. The predicted molar refractivity (Wildman–Crippen MR) is 122 cm³/mol. The van der Waals surface area contributed by atoms with Crippen molar-refractivity contribution < 1.29 is 4.74 Å². The summed E-state index contributed by atoms with van der Waals surface area (Å²) in [5.41, 5.74) is 2.15.